The number of nitrogens with zero attached hydrogens (tertiary/aromatic N) is 5. The molecule has 1 atom stereocenters. The molecule has 1 amide bonds. The number of pyridine rings is 1. The molecule has 0 aliphatic carbocycles. The second-order valence-corrected chi connectivity index (χ2v) is 6.91. The van der Waals surface area contributed by atoms with Gasteiger partial charge in [0, 0.05) is 31.8 Å². The number of carbonyl (C=O) groups is 1. The molecule has 4 heterocycles. The summed E-state index contributed by atoms with van der Waals surface area (Å²) in [5.74, 6) is 2.57. The van der Waals surface area contributed by atoms with Crippen molar-refractivity contribution in [1.29, 1.82) is 0 Å². The summed E-state index contributed by atoms with van der Waals surface area (Å²) in [6, 6.07) is 3.55. The molecule has 2 aliphatic rings. The zero-order valence-electron chi connectivity index (χ0n) is 15.2. The molecular formula is C19H25N5O2. The highest BCUT2D eigenvalue weighted by molar-refractivity contribution is 5.94. The van der Waals surface area contributed by atoms with Crippen LogP contribution in [0, 0.1) is 0 Å². The van der Waals surface area contributed by atoms with Crippen LogP contribution < -0.4 is 4.74 Å². The van der Waals surface area contributed by atoms with Gasteiger partial charge >= 0.3 is 0 Å². The third-order valence-corrected chi connectivity index (χ3v) is 5.23. The second-order valence-electron chi connectivity index (χ2n) is 6.91. The predicted molar refractivity (Wildman–Crippen MR) is 96.0 cm³/mol. The summed E-state index contributed by atoms with van der Waals surface area (Å²) in [5, 5.41) is 8.88. The fourth-order valence-electron chi connectivity index (χ4n) is 3.94. The number of rotatable bonds is 4. The zero-order chi connectivity index (χ0) is 17.9. The molecule has 7 heteroatoms. The van der Waals surface area contributed by atoms with Gasteiger partial charge in [-0.1, -0.05) is 6.42 Å². The van der Waals surface area contributed by atoms with Gasteiger partial charge in [0.1, 0.15) is 5.82 Å². The molecule has 0 saturated carbocycles. The first-order chi connectivity index (χ1) is 12.8. The van der Waals surface area contributed by atoms with Crippen LogP contribution in [-0.4, -0.2) is 43.7 Å². The molecule has 0 spiro atoms. The number of carbonyl (C=O) groups excluding carboxylic acids is 1. The molecule has 1 saturated heterocycles. The van der Waals surface area contributed by atoms with E-state index < -0.39 is 0 Å². The summed E-state index contributed by atoms with van der Waals surface area (Å²) in [5.41, 5.74) is 0.593. The smallest absolute Gasteiger partial charge is 0.256 e. The largest absolute Gasteiger partial charge is 0.478 e. The number of aromatic nitrogens is 4. The van der Waals surface area contributed by atoms with E-state index in [2.05, 4.69) is 19.7 Å². The van der Waals surface area contributed by atoms with Crippen LogP contribution in [0.1, 0.15) is 67.1 Å². The molecule has 138 valence electrons. The van der Waals surface area contributed by atoms with Crippen LogP contribution in [0.4, 0.5) is 0 Å². The predicted octanol–water partition coefficient (Wildman–Crippen LogP) is 2.78. The van der Waals surface area contributed by atoms with Gasteiger partial charge in [0.15, 0.2) is 5.82 Å². The quantitative estimate of drug-likeness (QED) is 0.843. The van der Waals surface area contributed by atoms with Gasteiger partial charge in [0.25, 0.3) is 5.91 Å². The number of hydrogen-bond donors (Lipinski definition) is 0. The lowest BCUT2D eigenvalue weighted by Crippen LogP contribution is -2.32. The SMILES string of the molecule is CCOc1ccc(C(=O)N2CCC[C@H]2c2nnc3n2CCCCC3)cn1. The lowest BCUT2D eigenvalue weighted by atomic mass is 10.1. The van der Waals surface area contributed by atoms with E-state index >= 15 is 0 Å². The number of hydrogen-bond acceptors (Lipinski definition) is 5. The van der Waals surface area contributed by atoms with Crippen LogP contribution in [-0.2, 0) is 13.0 Å². The highest BCUT2D eigenvalue weighted by atomic mass is 16.5. The number of likely N-dealkylation sites (tertiary alicyclic amines) is 1. The lowest BCUT2D eigenvalue weighted by Gasteiger charge is -2.24. The summed E-state index contributed by atoms with van der Waals surface area (Å²) in [6.07, 6.45) is 8.07. The van der Waals surface area contributed by atoms with Crippen molar-refractivity contribution in [2.75, 3.05) is 13.2 Å². The Morgan fingerprint density at radius 3 is 2.92 bits per heavy atom. The van der Waals surface area contributed by atoms with Gasteiger partial charge in [0.05, 0.1) is 18.2 Å². The van der Waals surface area contributed by atoms with Crippen LogP contribution >= 0.6 is 0 Å². The van der Waals surface area contributed by atoms with Gasteiger partial charge in [-0.15, -0.1) is 10.2 Å². The summed E-state index contributed by atoms with van der Waals surface area (Å²) in [4.78, 5) is 19.2. The minimum absolute atomic E-state index is 0.00779. The summed E-state index contributed by atoms with van der Waals surface area (Å²) in [6.45, 7) is 4.18. The molecule has 0 radical (unpaired) electrons. The first-order valence-electron chi connectivity index (χ1n) is 9.59. The summed E-state index contributed by atoms with van der Waals surface area (Å²) >= 11 is 0. The van der Waals surface area contributed by atoms with Crippen molar-refractivity contribution >= 4 is 5.91 Å². The Morgan fingerprint density at radius 2 is 2.12 bits per heavy atom. The minimum atomic E-state index is 0.00779. The third-order valence-electron chi connectivity index (χ3n) is 5.23. The van der Waals surface area contributed by atoms with Crippen molar-refractivity contribution < 1.29 is 9.53 Å². The number of aryl methyl sites for hydroxylation is 1. The standard InChI is InChI=1S/C19H25N5O2/c1-2-26-17-10-9-14(13-20-17)19(25)23-12-6-7-15(23)18-22-21-16-8-4-3-5-11-24(16)18/h9-10,13,15H,2-8,11-12H2,1H3/t15-/m0/s1. The van der Waals surface area contributed by atoms with E-state index in [1.165, 1.54) is 12.8 Å². The summed E-state index contributed by atoms with van der Waals surface area (Å²) in [7, 11) is 0. The minimum Gasteiger partial charge on any atom is -0.478 e. The van der Waals surface area contributed by atoms with Crippen molar-refractivity contribution in [2.45, 2.75) is 58.0 Å². The Morgan fingerprint density at radius 1 is 1.19 bits per heavy atom. The van der Waals surface area contributed by atoms with Gasteiger partial charge in [-0.2, -0.15) is 0 Å². The van der Waals surface area contributed by atoms with Gasteiger partial charge in [-0.05, 0) is 38.7 Å². The fourth-order valence-corrected chi connectivity index (χ4v) is 3.94. The van der Waals surface area contributed by atoms with Crippen LogP contribution in [0.15, 0.2) is 18.3 Å². The number of amides is 1. The average molecular weight is 355 g/mol. The molecule has 2 aromatic rings. The van der Waals surface area contributed by atoms with Crippen molar-refractivity contribution in [1.82, 2.24) is 24.6 Å². The van der Waals surface area contributed by atoms with E-state index in [4.69, 9.17) is 4.74 Å². The maximum absolute atomic E-state index is 13.0. The molecule has 4 rings (SSSR count). The molecule has 0 unspecified atom stereocenters. The molecule has 2 aliphatic heterocycles. The van der Waals surface area contributed by atoms with E-state index in [1.54, 1.807) is 18.3 Å². The Kier molecular flexibility index (Phi) is 4.86. The Balaban J connectivity index is 1.57. The van der Waals surface area contributed by atoms with Crippen LogP contribution in [0.5, 0.6) is 5.88 Å². The van der Waals surface area contributed by atoms with Gasteiger partial charge in [0.2, 0.25) is 5.88 Å². The number of ether oxygens (including phenoxy) is 1. The molecule has 7 nitrogen and oxygen atoms in total. The molecule has 1 fully saturated rings. The highest BCUT2D eigenvalue weighted by Crippen LogP contribution is 2.33. The zero-order valence-corrected chi connectivity index (χ0v) is 15.2. The first kappa shape index (κ1) is 17.0. The Labute approximate surface area is 153 Å². The van der Waals surface area contributed by atoms with Crippen LogP contribution in [0.3, 0.4) is 0 Å². The lowest BCUT2D eigenvalue weighted by molar-refractivity contribution is 0.0726. The number of fused-ring (bicyclic) bond motifs is 1. The third kappa shape index (κ3) is 3.18. The average Bonchev–Trinajstić information content (AvgIpc) is 3.23. The molecule has 26 heavy (non-hydrogen) atoms. The van der Waals surface area contributed by atoms with E-state index in [1.807, 2.05) is 11.8 Å². The van der Waals surface area contributed by atoms with E-state index in [0.717, 1.165) is 50.4 Å². The maximum Gasteiger partial charge on any atom is 0.256 e. The monoisotopic (exact) mass is 355 g/mol. The van der Waals surface area contributed by atoms with E-state index in [9.17, 15) is 4.79 Å². The maximum atomic E-state index is 13.0. The summed E-state index contributed by atoms with van der Waals surface area (Å²) < 4.78 is 7.61. The fraction of sp³-hybridized carbons (Fsp3) is 0.579. The second kappa shape index (κ2) is 7.43. The van der Waals surface area contributed by atoms with Gasteiger partial charge in [-0.25, -0.2) is 4.98 Å². The molecule has 0 aromatic carbocycles. The highest BCUT2D eigenvalue weighted by Gasteiger charge is 2.35. The van der Waals surface area contributed by atoms with Crippen molar-refractivity contribution in [2.24, 2.45) is 0 Å². The van der Waals surface area contributed by atoms with Crippen molar-refractivity contribution in [3.63, 3.8) is 0 Å². The van der Waals surface area contributed by atoms with Crippen LogP contribution in [0.25, 0.3) is 0 Å². The van der Waals surface area contributed by atoms with E-state index in [-0.39, 0.29) is 11.9 Å². The Bertz CT molecular complexity index is 771. The van der Waals surface area contributed by atoms with E-state index in [0.29, 0.717) is 18.1 Å². The van der Waals surface area contributed by atoms with Gasteiger partial charge in [-0.3, -0.25) is 4.79 Å². The topological polar surface area (TPSA) is 73.1 Å². The normalized spacial score (nSPS) is 19.9. The molecule has 0 N–H and O–H groups in total. The van der Waals surface area contributed by atoms with Crippen molar-refractivity contribution in [3.8, 4) is 5.88 Å². The van der Waals surface area contributed by atoms with Crippen LogP contribution in [0.2, 0.25) is 0 Å². The Hall–Kier alpha value is -2.44. The first-order valence-corrected chi connectivity index (χ1v) is 9.59. The molecule has 2 aromatic heterocycles. The van der Waals surface area contributed by atoms with Gasteiger partial charge < -0.3 is 14.2 Å². The molecule has 0 bridgehead atoms. The molecular weight excluding hydrogens is 330 g/mol. The van der Waals surface area contributed by atoms with Crippen molar-refractivity contribution in [3.05, 3.63) is 35.5 Å².